The summed E-state index contributed by atoms with van der Waals surface area (Å²) in [6.45, 7) is 0.877. The molecule has 1 atom stereocenters. The van der Waals surface area contributed by atoms with Gasteiger partial charge in [-0.25, -0.2) is 13.1 Å². The van der Waals surface area contributed by atoms with Crippen LogP contribution in [-0.2, 0) is 21.3 Å². The summed E-state index contributed by atoms with van der Waals surface area (Å²) in [6, 6.07) is 7.22. The van der Waals surface area contributed by atoms with Crippen molar-refractivity contribution in [3.05, 3.63) is 35.4 Å². The van der Waals surface area contributed by atoms with Crippen molar-refractivity contribution < 1.29 is 13.2 Å². The maximum absolute atomic E-state index is 11.9. The Labute approximate surface area is 124 Å². The summed E-state index contributed by atoms with van der Waals surface area (Å²) in [4.78, 5) is 0.300. The zero-order valence-corrected chi connectivity index (χ0v) is 12.7. The number of ether oxygens (including phenoxy) is 1. The number of hydrogen-bond acceptors (Lipinski definition) is 4. The van der Waals surface area contributed by atoms with E-state index >= 15 is 0 Å². The van der Waals surface area contributed by atoms with Crippen molar-refractivity contribution in [3.63, 3.8) is 0 Å². The van der Waals surface area contributed by atoms with Gasteiger partial charge < -0.3 is 10.5 Å². The Bertz CT molecular complexity index is 581. The van der Waals surface area contributed by atoms with E-state index in [1.54, 1.807) is 18.2 Å². The van der Waals surface area contributed by atoms with Crippen LogP contribution < -0.4 is 10.5 Å². The van der Waals surface area contributed by atoms with Gasteiger partial charge >= 0.3 is 0 Å². The minimum atomic E-state index is -3.34. The third kappa shape index (κ3) is 4.52. The molecular weight excluding hydrogens is 296 g/mol. The maximum atomic E-state index is 11.9. The van der Waals surface area contributed by atoms with Crippen molar-refractivity contribution in [1.29, 1.82) is 0 Å². The third-order valence-electron chi connectivity index (χ3n) is 3.14. The van der Waals surface area contributed by atoms with Crippen molar-refractivity contribution in [1.82, 2.24) is 4.72 Å². The molecule has 1 aromatic carbocycles. The highest BCUT2D eigenvalue weighted by molar-refractivity contribution is 7.89. The Kier molecular flexibility index (Phi) is 5.09. The third-order valence-corrected chi connectivity index (χ3v) is 4.77. The zero-order valence-electron chi connectivity index (χ0n) is 11.0. The van der Waals surface area contributed by atoms with Gasteiger partial charge in [-0.1, -0.05) is 30.4 Å². The van der Waals surface area contributed by atoms with E-state index in [-0.39, 0.29) is 18.4 Å². The van der Waals surface area contributed by atoms with Crippen LogP contribution in [0, 0.1) is 0 Å². The number of sulfonamides is 1. The molecular formula is C13H18N2O3S2. The number of thiocarbonyl (C=S) groups is 1. The summed E-state index contributed by atoms with van der Waals surface area (Å²) in [6.07, 6.45) is 1.55. The summed E-state index contributed by atoms with van der Waals surface area (Å²) < 4.78 is 31.8. The molecule has 1 unspecified atom stereocenters. The summed E-state index contributed by atoms with van der Waals surface area (Å²) in [7, 11) is -3.34. The molecule has 1 fully saturated rings. The maximum Gasteiger partial charge on any atom is 0.214 e. The second kappa shape index (κ2) is 6.62. The molecule has 1 aliphatic heterocycles. The highest BCUT2D eigenvalue weighted by Crippen LogP contribution is 2.14. The van der Waals surface area contributed by atoms with Gasteiger partial charge in [0.2, 0.25) is 10.0 Å². The first-order valence-electron chi connectivity index (χ1n) is 6.44. The molecule has 1 aromatic rings. The van der Waals surface area contributed by atoms with Crippen molar-refractivity contribution in [2.75, 3.05) is 12.4 Å². The Morgan fingerprint density at radius 3 is 2.95 bits per heavy atom. The minimum Gasteiger partial charge on any atom is -0.389 e. The van der Waals surface area contributed by atoms with Gasteiger partial charge in [0.1, 0.15) is 4.99 Å². The van der Waals surface area contributed by atoms with Crippen LogP contribution in [0.5, 0.6) is 0 Å². The monoisotopic (exact) mass is 314 g/mol. The van der Waals surface area contributed by atoms with Gasteiger partial charge in [0, 0.05) is 18.7 Å². The van der Waals surface area contributed by atoms with Crippen molar-refractivity contribution >= 4 is 27.2 Å². The second-order valence-electron chi connectivity index (χ2n) is 4.80. The Morgan fingerprint density at radius 2 is 2.30 bits per heavy atom. The normalized spacial score (nSPS) is 19.1. The zero-order chi connectivity index (χ0) is 14.6. The van der Waals surface area contributed by atoms with Crippen LogP contribution in [0.4, 0.5) is 0 Å². The van der Waals surface area contributed by atoms with Gasteiger partial charge in [-0.3, -0.25) is 0 Å². The number of benzene rings is 1. The van der Waals surface area contributed by atoms with Gasteiger partial charge in [-0.05, 0) is 24.5 Å². The predicted molar refractivity (Wildman–Crippen MR) is 81.9 cm³/mol. The molecule has 20 heavy (non-hydrogen) atoms. The van der Waals surface area contributed by atoms with Crippen LogP contribution in [0.3, 0.4) is 0 Å². The lowest BCUT2D eigenvalue weighted by Crippen LogP contribution is -2.31. The molecule has 0 aliphatic carbocycles. The van der Waals surface area contributed by atoms with E-state index in [0.717, 1.165) is 24.0 Å². The van der Waals surface area contributed by atoms with Crippen LogP contribution in [0.2, 0.25) is 0 Å². The van der Waals surface area contributed by atoms with Crippen LogP contribution in [-0.4, -0.2) is 31.9 Å². The summed E-state index contributed by atoms with van der Waals surface area (Å²) in [5.41, 5.74) is 7.11. The van der Waals surface area contributed by atoms with Gasteiger partial charge in [0.25, 0.3) is 0 Å². The molecule has 110 valence electrons. The molecule has 1 heterocycles. The van der Waals surface area contributed by atoms with Crippen molar-refractivity contribution in [2.24, 2.45) is 5.73 Å². The van der Waals surface area contributed by atoms with Gasteiger partial charge in [-0.15, -0.1) is 0 Å². The van der Waals surface area contributed by atoms with Crippen LogP contribution in [0.15, 0.2) is 24.3 Å². The van der Waals surface area contributed by atoms with Crippen LogP contribution in [0.1, 0.15) is 24.0 Å². The van der Waals surface area contributed by atoms with E-state index in [9.17, 15) is 8.42 Å². The average molecular weight is 314 g/mol. The minimum absolute atomic E-state index is 0.0159. The van der Waals surface area contributed by atoms with Crippen LogP contribution >= 0.6 is 12.2 Å². The fourth-order valence-corrected chi connectivity index (χ4v) is 3.49. The van der Waals surface area contributed by atoms with E-state index < -0.39 is 10.0 Å². The molecule has 0 amide bonds. The fourth-order valence-electron chi connectivity index (χ4n) is 2.11. The number of nitrogens with two attached hydrogens (primary N) is 1. The lowest BCUT2D eigenvalue weighted by atomic mass is 10.1. The van der Waals surface area contributed by atoms with Gasteiger partial charge in [-0.2, -0.15) is 0 Å². The van der Waals surface area contributed by atoms with Gasteiger partial charge in [0.15, 0.2) is 0 Å². The van der Waals surface area contributed by atoms with E-state index in [1.807, 2.05) is 6.07 Å². The van der Waals surface area contributed by atoms with E-state index in [2.05, 4.69) is 4.72 Å². The standard InChI is InChI=1S/C13H18N2O3S2/c14-13(19)11-4-1-3-10(7-11)8-15-20(16,17)9-12-5-2-6-18-12/h1,3-4,7,12,15H,2,5-6,8-9H2,(H2,14,19). The molecule has 5 nitrogen and oxygen atoms in total. The lowest BCUT2D eigenvalue weighted by molar-refractivity contribution is 0.127. The molecule has 0 radical (unpaired) electrons. The largest absolute Gasteiger partial charge is 0.389 e. The summed E-state index contributed by atoms with van der Waals surface area (Å²) >= 11 is 4.90. The molecule has 1 aliphatic rings. The van der Waals surface area contributed by atoms with E-state index in [4.69, 9.17) is 22.7 Å². The van der Waals surface area contributed by atoms with E-state index in [0.29, 0.717) is 11.6 Å². The molecule has 0 spiro atoms. The first kappa shape index (κ1) is 15.4. The Hall–Kier alpha value is -1.02. The fraction of sp³-hybridized carbons (Fsp3) is 0.462. The number of rotatable bonds is 6. The van der Waals surface area contributed by atoms with Crippen LogP contribution in [0.25, 0.3) is 0 Å². The van der Waals surface area contributed by atoms with Crippen molar-refractivity contribution in [2.45, 2.75) is 25.5 Å². The summed E-state index contributed by atoms with van der Waals surface area (Å²) in [5.74, 6) is 0.0159. The Balaban J connectivity index is 1.93. The lowest BCUT2D eigenvalue weighted by Gasteiger charge is -2.11. The number of hydrogen-bond donors (Lipinski definition) is 2. The molecule has 1 saturated heterocycles. The second-order valence-corrected chi connectivity index (χ2v) is 7.09. The quantitative estimate of drug-likeness (QED) is 0.763. The summed E-state index contributed by atoms with van der Waals surface area (Å²) in [5, 5.41) is 0. The Morgan fingerprint density at radius 1 is 1.50 bits per heavy atom. The van der Waals surface area contributed by atoms with Gasteiger partial charge in [0.05, 0.1) is 11.9 Å². The first-order chi connectivity index (χ1) is 9.46. The average Bonchev–Trinajstić information content (AvgIpc) is 2.89. The van der Waals surface area contributed by atoms with E-state index in [1.165, 1.54) is 0 Å². The first-order valence-corrected chi connectivity index (χ1v) is 8.50. The molecule has 2 rings (SSSR count). The molecule has 0 saturated carbocycles. The topological polar surface area (TPSA) is 81.4 Å². The molecule has 7 heteroatoms. The SMILES string of the molecule is NC(=S)c1cccc(CNS(=O)(=O)CC2CCCO2)c1. The highest BCUT2D eigenvalue weighted by Gasteiger charge is 2.22. The number of nitrogens with one attached hydrogen (secondary N) is 1. The van der Waals surface area contributed by atoms with Crippen molar-refractivity contribution in [3.8, 4) is 0 Å². The smallest absolute Gasteiger partial charge is 0.214 e. The molecule has 0 bridgehead atoms. The highest BCUT2D eigenvalue weighted by atomic mass is 32.2. The predicted octanol–water partition coefficient (Wildman–Crippen LogP) is 0.919. The molecule has 0 aromatic heterocycles. The molecule has 3 N–H and O–H groups in total.